The molecule has 2 aromatic rings. The number of likely N-dealkylation sites (tertiary alicyclic amines) is 1. The maximum atomic E-state index is 12.9. The summed E-state index contributed by atoms with van der Waals surface area (Å²) in [7, 11) is 0. The molecule has 1 aliphatic rings. The molecule has 2 N–H and O–H groups in total. The SMILES string of the molecule is Cc1nn(-c2ccc(Cl)c(Cl)c2)c(C)c1CC(=O)N1CCCCC1CN.Cl. The fourth-order valence-electron chi connectivity index (χ4n) is 3.63. The Hall–Kier alpha value is -1.27. The zero-order valence-corrected chi connectivity index (χ0v) is 17.9. The Morgan fingerprint density at radius 2 is 2.00 bits per heavy atom. The van der Waals surface area contributed by atoms with E-state index in [9.17, 15) is 4.79 Å². The molecule has 0 spiro atoms. The summed E-state index contributed by atoms with van der Waals surface area (Å²) in [6.45, 7) is 5.22. The molecule has 148 valence electrons. The van der Waals surface area contributed by atoms with Crippen LogP contribution in [0.3, 0.4) is 0 Å². The van der Waals surface area contributed by atoms with Gasteiger partial charge in [0.05, 0.1) is 27.8 Å². The van der Waals surface area contributed by atoms with Crippen LogP contribution < -0.4 is 5.73 Å². The molecule has 1 amide bonds. The summed E-state index contributed by atoms with van der Waals surface area (Å²) in [5.74, 6) is 0.125. The number of carbonyl (C=O) groups is 1. The van der Waals surface area contributed by atoms with E-state index in [4.69, 9.17) is 28.9 Å². The third kappa shape index (κ3) is 4.60. The van der Waals surface area contributed by atoms with Crippen LogP contribution in [0, 0.1) is 13.8 Å². The molecule has 2 heterocycles. The highest BCUT2D eigenvalue weighted by Crippen LogP contribution is 2.27. The summed E-state index contributed by atoms with van der Waals surface area (Å²) in [5.41, 5.74) is 9.44. The monoisotopic (exact) mass is 430 g/mol. The smallest absolute Gasteiger partial charge is 0.227 e. The molecule has 27 heavy (non-hydrogen) atoms. The van der Waals surface area contributed by atoms with Gasteiger partial charge in [-0.1, -0.05) is 23.2 Å². The van der Waals surface area contributed by atoms with Crippen LogP contribution in [0.5, 0.6) is 0 Å². The third-order valence-corrected chi connectivity index (χ3v) is 5.88. The fraction of sp³-hybridized carbons (Fsp3) is 0.474. The van der Waals surface area contributed by atoms with Gasteiger partial charge in [0.15, 0.2) is 0 Å². The second-order valence-electron chi connectivity index (χ2n) is 6.81. The predicted molar refractivity (Wildman–Crippen MR) is 112 cm³/mol. The quantitative estimate of drug-likeness (QED) is 0.792. The van der Waals surface area contributed by atoms with Crippen LogP contribution in [0.1, 0.15) is 36.2 Å². The van der Waals surface area contributed by atoms with E-state index in [1.807, 2.05) is 29.5 Å². The Morgan fingerprint density at radius 3 is 2.67 bits per heavy atom. The lowest BCUT2D eigenvalue weighted by Gasteiger charge is -2.35. The molecule has 5 nitrogen and oxygen atoms in total. The molecule has 1 saturated heterocycles. The van der Waals surface area contributed by atoms with Crippen LogP contribution in [0.4, 0.5) is 0 Å². The van der Waals surface area contributed by atoms with Gasteiger partial charge in [0, 0.05) is 30.4 Å². The number of aromatic nitrogens is 2. The Balaban J connectivity index is 0.00000261. The second kappa shape index (κ2) is 9.28. The largest absolute Gasteiger partial charge is 0.338 e. The van der Waals surface area contributed by atoms with Gasteiger partial charge in [0.1, 0.15) is 0 Å². The Labute approximate surface area is 176 Å². The highest BCUT2D eigenvalue weighted by atomic mass is 35.5. The molecule has 8 heteroatoms. The molecule has 1 aliphatic heterocycles. The number of carbonyl (C=O) groups excluding carboxylic acids is 1. The van der Waals surface area contributed by atoms with Crippen LogP contribution >= 0.6 is 35.6 Å². The number of hydrogen-bond donors (Lipinski definition) is 1. The van der Waals surface area contributed by atoms with Gasteiger partial charge in [-0.2, -0.15) is 5.10 Å². The molecular formula is C19H25Cl3N4O. The average molecular weight is 432 g/mol. The van der Waals surface area contributed by atoms with Gasteiger partial charge in [0.25, 0.3) is 0 Å². The fourth-order valence-corrected chi connectivity index (χ4v) is 3.92. The van der Waals surface area contributed by atoms with Gasteiger partial charge < -0.3 is 10.6 Å². The van der Waals surface area contributed by atoms with Crippen LogP contribution in [0.2, 0.25) is 10.0 Å². The highest BCUT2D eigenvalue weighted by Gasteiger charge is 2.27. The standard InChI is InChI=1S/C19H24Cl2N4O.ClH/c1-12-16(10-19(26)24-8-4-3-5-15(24)11-22)13(2)25(23-12)14-6-7-17(20)18(21)9-14;/h6-7,9,15H,3-5,8,10-11,22H2,1-2H3;1H. The second-order valence-corrected chi connectivity index (χ2v) is 7.62. The molecule has 0 saturated carbocycles. The normalized spacial score (nSPS) is 16.9. The molecular weight excluding hydrogens is 407 g/mol. The van der Waals surface area contributed by atoms with Gasteiger partial charge in [-0.3, -0.25) is 4.79 Å². The number of hydrogen-bond acceptors (Lipinski definition) is 3. The van der Waals surface area contributed by atoms with E-state index in [1.165, 1.54) is 0 Å². The Morgan fingerprint density at radius 1 is 1.26 bits per heavy atom. The summed E-state index contributed by atoms with van der Waals surface area (Å²) in [6.07, 6.45) is 3.51. The van der Waals surface area contributed by atoms with E-state index in [0.717, 1.165) is 48.4 Å². The molecule has 0 radical (unpaired) electrons. The molecule has 0 aliphatic carbocycles. The van der Waals surface area contributed by atoms with Gasteiger partial charge in [-0.15, -0.1) is 12.4 Å². The number of nitrogens with zero attached hydrogens (tertiary/aromatic N) is 3. The van der Waals surface area contributed by atoms with Crippen molar-refractivity contribution >= 4 is 41.5 Å². The average Bonchev–Trinajstić information content (AvgIpc) is 2.92. The van der Waals surface area contributed by atoms with Crippen molar-refractivity contribution in [1.29, 1.82) is 0 Å². The number of amides is 1. The summed E-state index contributed by atoms with van der Waals surface area (Å²) >= 11 is 12.1. The lowest BCUT2D eigenvalue weighted by Crippen LogP contribution is -2.48. The van der Waals surface area contributed by atoms with Crippen molar-refractivity contribution in [3.05, 3.63) is 45.2 Å². The number of nitrogens with two attached hydrogens (primary N) is 1. The van der Waals surface area contributed by atoms with Crippen LogP contribution in [0.25, 0.3) is 5.69 Å². The van der Waals surface area contributed by atoms with Crippen molar-refractivity contribution in [3.8, 4) is 5.69 Å². The first-order chi connectivity index (χ1) is 12.4. The lowest BCUT2D eigenvalue weighted by atomic mass is 10.0. The topological polar surface area (TPSA) is 64.2 Å². The number of halogens is 3. The molecule has 1 aromatic heterocycles. The summed E-state index contributed by atoms with van der Waals surface area (Å²) < 4.78 is 1.82. The van der Waals surface area contributed by atoms with Gasteiger partial charge >= 0.3 is 0 Å². The van der Waals surface area contributed by atoms with Crippen molar-refractivity contribution in [2.75, 3.05) is 13.1 Å². The zero-order valence-electron chi connectivity index (χ0n) is 15.5. The summed E-state index contributed by atoms with van der Waals surface area (Å²) in [4.78, 5) is 14.8. The van der Waals surface area contributed by atoms with Crippen molar-refractivity contribution < 1.29 is 4.79 Å². The first-order valence-electron chi connectivity index (χ1n) is 8.92. The van der Waals surface area contributed by atoms with Gasteiger partial charge in [0.2, 0.25) is 5.91 Å². The molecule has 1 unspecified atom stereocenters. The highest BCUT2D eigenvalue weighted by molar-refractivity contribution is 6.42. The third-order valence-electron chi connectivity index (χ3n) is 5.14. The number of piperidine rings is 1. The van der Waals surface area contributed by atoms with E-state index in [-0.39, 0.29) is 24.4 Å². The molecule has 0 bridgehead atoms. The lowest BCUT2D eigenvalue weighted by molar-refractivity contribution is -0.133. The van der Waals surface area contributed by atoms with Crippen LogP contribution in [-0.2, 0) is 11.2 Å². The first-order valence-corrected chi connectivity index (χ1v) is 9.68. The van der Waals surface area contributed by atoms with Gasteiger partial charge in [-0.05, 0) is 51.3 Å². The Kier molecular flexibility index (Phi) is 7.57. The van der Waals surface area contributed by atoms with Crippen molar-refractivity contribution in [1.82, 2.24) is 14.7 Å². The van der Waals surface area contributed by atoms with Crippen molar-refractivity contribution in [2.24, 2.45) is 5.73 Å². The maximum Gasteiger partial charge on any atom is 0.227 e. The number of rotatable bonds is 4. The number of aryl methyl sites for hydroxylation is 1. The van der Waals surface area contributed by atoms with E-state index < -0.39 is 0 Å². The van der Waals surface area contributed by atoms with E-state index >= 15 is 0 Å². The minimum absolute atomic E-state index is 0. The molecule has 1 fully saturated rings. The molecule has 1 atom stereocenters. The van der Waals surface area contributed by atoms with E-state index in [2.05, 4.69) is 5.10 Å². The zero-order chi connectivity index (χ0) is 18.8. The molecule has 1 aromatic carbocycles. The Bertz CT molecular complexity index is 822. The van der Waals surface area contributed by atoms with Crippen LogP contribution in [-0.4, -0.2) is 39.7 Å². The minimum atomic E-state index is 0. The maximum absolute atomic E-state index is 12.9. The van der Waals surface area contributed by atoms with E-state index in [1.54, 1.807) is 12.1 Å². The molecule has 3 rings (SSSR count). The van der Waals surface area contributed by atoms with Crippen molar-refractivity contribution in [3.63, 3.8) is 0 Å². The number of benzene rings is 1. The van der Waals surface area contributed by atoms with Crippen LogP contribution in [0.15, 0.2) is 18.2 Å². The van der Waals surface area contributed by atoms with Crippen molar-refractivity contribution in [2.45, 2.75) is 45.6 Å². The summed E-state index contributed by atoms with van der Waals surface area (Å²) in [5, 5.41) is 5.59. The summed E-state index contributed by atoms with van der Waals surface area (Å²) in [6, 6.07) is 5.56. The van der Waals surface area contributed by atoms with E-state index in [0.29, 0.717) is 23.0 Å². The first kappa shape index (κ1) is 22.0. The minimum Gasteiger partial charge on any atom is -0.338 e. The predicted octanol–water partition coefficient (Wildman–Crippen LogP) is 4.10. The van der Waals surface area contributed by atoms with Gasteiger partial charge in [-0.25, -0.2) is 4.68 Å².